The molecule has 0 bridgehead atoms. The van der Waals surface area contributed by atoms with Crippen LogP contribution in [0.3, 0.4) is 0 Å². The number of carbonyl (C=O) groups is 1. The number of nitrogens with zero attached hydrogens (tertiary/aromatic N) is 1. The highest BCUT2D eigenvalue weighted by molar-refractivity contribution is 7.13. The summed E-state index contributed by atoms with van der Waals surface area (Å²) in [6, 6.07) is 12.8. The van der Waals surface area contributed by atoms with E-state index in [1.165, 1.54) is 23.5 Å². The second kappa shape index (κ2) is 7.79. The molecule has 1 aromatic heterocycles. The molecule has 0 N–H and O–H groups in total. The van der Waals surface area contributed by atoms with Crippen molar-refractivity contribution in [2.75, 3.05) is 6.61 Å². The summed E-state index contributed by atoms with van der Waals surface area (Å²) in [7, 11) is 0. The molecule has 0 spiro atoms. The van der Waals surface area contributed by atoms with E-state index in [0.717, 1.165) is 0 Å². The molecule has 4 nitrogen and oxygen atoms in total. The molecule has 0 amide bonds. The zero-order valence-corrected chi connectivity index (χ0v) is 14.9. The average molecular weight is 393 g/mol. The van der Waals surface area contributed by atoms with Gasteiger partial charge in [-0.25, -0.2) is 9.78 Å². The summed E-state index contributed by atoms with van der Waals surface area (Å²) in [6.45, 7) is 1.95. The highest BCUT2D eigenvalue weighted by Gasteiger charge is 2.32. The van der Waals surface area contributed by atoms with Crippen LogP contribution in [0.15, 0.2) is 53.9 Å². The second-order valence-corrected chi connectivity index (χ2v) is 6.24. The number of para-hydroxylation sites is 1. The molecule has 0 aliphatic rings. The monoisotopic (exact) mass is 393 g/mol. The van der Waals surface area contributed by atoms with Crippen molar-refractivity contribution in [2.45, 2.75) is 13.3 Å². The Hall–Kier alpha value is -2.87. The molecule has 2 aromatic carbocycles. The van der Waals surface area contributed by atoms with E-state index in [4.69, 9.17) is 4.74 Å². The van der Waals surface area contributed by atoms with Crippen molar-refractivity contribution in [2.24, 2.45) is 0 Å². The van der Waals surface area contributed by atoms with Gasteiger partial charge in [-0.1, -0.05) is 36.4 Å². The van der Waals surface area contributed by atoms with Crippen LogP contribution in [0.1, 0.15) is 17.4 Å². The van der Waals surface area contributed by atoms with Crippen LogP contribution in [-0.2, 0) is 4.74 Å². The quantitative estimate of drug-likeness (QED) is 0.533. The zero-order valence-electron chi connectivity index (χ0n) is 14.1. The molecule has 1 heterocycles. The maximum atomic E-state index is 12.6. The molecule has 0 saturated heterocycles. The Bertz CT molecular complexity index is 953. The minimum absolute atomic E-state index is 0.197. The van der Waals surface area contributed by atoms with Crippen LogP contribution < -0.4 is 4.74 Å². The molecule has 0 aliphatic heterocycles. The van der Waals surface area contributed by atoms with Crippen LogP contribution in [0.4, 0.5) is 13.2 Å². The Morgan fingerprint density at radius 3 is 2.59 bits per heavy atom. The second-order valence-electron chi connectivity index (χ2n) is 5.38. The molecule has 0 fully saturated rings. The summed E-state index contributed by atoms with van der Waals surface area (Å²) in [4.78, 5) is 16.0. The first-order valence-electron chi connectivity index (χ1n) is 7.95. The van der Waals surface area contributed by atoms with E-state index in [-0.39, 0.29) is 18.1 Å². The van der Waals surface area contributed by atoms with Crippen LogP contribution >= 0.6 is 11.3 Å². The minimum Gasteiger partial charge on any atom is -0.461 e. The number of halogens is 3. The molecule has 8 heteroatoms. The van der Waals surface area contributed by atoms with Gasteiger partial charge in [-0.15, -0.1) is 24.5 Å². The summed E-state index contributed by atoms with van der Waals surface area (Å²) in [5, 5.41) is 2.15. The van der Waals surface area contributed by atoms with Crippen molar-refractivity contribution in [3.05, 3.63) is 59.6 Å². The van der Waals surface area contributed by atoms with Crippen molar-refractivity contribution in [3.63, 3.8) is 0 Å². The molecule has 0 atom stereocenters. The lowest BCUT2D eigenvalue weighted by atomic mass is 10.0. The molecular weight excluding hydrogens is 379 g/mol. The van der Waals surface area contributed by atoms with Gasteiger partial charge < -0.3 is 9.47 Å². The summed E-state index contributed by atoms with van der Waals surface area (Å²) >= 11 is 1.25. The van der Waals surface area contributed by atoms with Crippen LogP contribution in [-0.4, -0.2) is 23.9 Å². The van der Waals surface area contributed by atoms with Crippen molar-refractivity contribution in [1.82, 2.24) is 4.98 Å². The van der Waals surface area contributed by atoms with Crippen molar-refractivity contribution in [1.29, 1.82) is 0 Å². The zero-order chi connectivity index (χ0) is 19.4. The Balaban J connectivity index is 1.95. The number of rotatable bonds is 5. The first kappa shape index (κ1) is 18.9. The van der Waals surface area contributed by atoms with Gasteiger partial charge in [-0.3, -0.25) is 0 Å². The van der Waals surface area contributed by atoms with E-state index in [2.05, 4.69) is 9.72 Å². The predicted molar refractivity (Wildman–Crippen MR) is 95.6 cm³/mol. The Morgan fingerprint density at radius 2 is 1.85 bits per heavy atom. The number of thiazole rings is 1. The van der Waals surface area contributed by atoms with Gasteiger partial charge in [-0.05, 0) is 24.6 Å². The Kier molecular flexibility index (Phi) is 5.46. The van der Waals surface area contributed by atoms with E-state index in [9.17, 15) is 18.0 Å². The Morgan fingerprint density at radius 1 is 1.11 bits per heavy atom. The molecular formula is C19H14F3NO3S. The topological polar surface area (TPSA) is 48.4 Å². The third kappa shape index (κ3) is 4.65. The van der Waals surface area contributed by atoms with E-state index in [0.29, 0.717) is 21.7 Å². The summed E-state index contributed by atoms with van der Waals surface area (Å²) < 4.78 is 47.0. The Labute approximate surface area is 157 Å². The molecule has 0 aliphatic carbocycles. The number of benzene rings is 2. The fourth-order valence-electron chi connectivity index (χ4n) is 2.44. The number of esters is 1. The molecule has 140 valence electrons. The molecule has 0 radical (unpaired) electrons. The third-order valence-electron chi connectivity index (χ3n) is 3.52. The SMILES string of the molecule is CCOC(=O)c1csc(-c2cccc(-c3ccccc3OC(F)(F)F)c2)n1. The van der Waals surface area contributed by atoms with Gasteiger partial charge in [0.05, 0.1) is 6.61 Å². The number of aromatic nitrogens is 1. The number of ether oxygens (including phenoxy) is 2. The fourth-order valence-corrected chi connectivity index (χ4v) is 3.23. The molecule has 3 rings (SSSR count). The van der Waals surface area contributed by atoms with E-state index < -0.39 is 12.3 Å². The average Bonchev–Trinajstić information content (AvgIpc) is 3.11. The van der Waals surface area contributed by atoms with Crippen molar-refractivity contribution >= 4 is 17.3 Å². The van der Waals surface area contributed by atoms with Gasteiger partial charge in [-0.2, -0.15) is 0 Å². The maximum absolute atomic E-state index is 12.6. The van der Waals surface area contributed by atoms with Gasteiger partial charge in [0.15, 0.2) is 5.69 Å². The van der Waals surface area contributed by atoms with Crippen LogP contribution in [0, 0.1) is 0 Å². The van der Waals surface area contributed by atoms with Crippen LogP contribution in [0.2, 0.25) is 0 Å². The fraction of sp³-hybridized carbons (Fsp3) is 0.158. The largest absolute Gasteiger partial charge is 0.573 e. The number of carbonyl (C=O) groups excluding carboxylic acids is 1. The molecule has 3 aromatic rings. The van der Waals surface area contributed by atoms with E-state index in [1.54, 1.807) is 48.7 Å². The highest BCUT2D eigenvalue weighted by Crippen LogP contribution is 2.35. The smallest absolute Gasteiger partial charge is 0.461 e. The maximum Gasteiger partial charge on any atom is 0.573 e. The highest BCUT2D eigenvalue weighted by atomic mass is 32.1. The van der Waals surface area contributed by atoms with Gasteiger partial charge in [0.1, 0.15) is 10.8 Å². The van der Waals surface area contributed by atoms with E-state index >= 15 is 0 Å². The predicted octanol–water partition coefficient (Wildman–Crippen LogP) is 5.55. The number of alkyl halides is 3. The first-order chi connectivity index (χ1) is 12.9. The number of hydrogen-bond donors (Lipinski definition) is 0. The normalized spacial score (nSPS) is 11.3. The molecule has 0 saturated carbocycles. The van der Waals surface area contributed by atoms with Gasteiger partial charge in [0.25, 0.3) is 0 Å². The number of hydrogen-bond acceptors (Lipinski definition) is 5. The van der Waals surface area contributed by atoms with Gasteiger partial charge >= 0.3 is 12.3 Å². The summed E-state index contributed by atoms with van der Waals surface area (Å²) in [6.07, 6.45) is -4.78. The first-order valence-corrected chi connectivity index (χ1v) is 8.83. The minimum atomic E-state index is -4.78. The standard InChI is InChI=1S/C19H14F3NO3S/c1-2-25-18(24)15-11-27-17(23-15)13-7-5-6-12(10-13)14-8-3-4-9-16(14)26-19(20,21)22/h3-11H,2H2,1H3. The van der Waals surface area contributed by atoms with E-state index in [1.807, 2.05) is 0 Å². The molecule has 0 unspecified atom stereocenters. The van der Waals surface area contributed by atoms with Gasteiger partial charge in [0, 0.05) is 16.5 Å². The molecule has 27 heavy (non-hydrogen) atoms. The van der Waals surface area contributed by atoms with Gasteiger partial charge in [0.2, 0.25) is 0 Å². The summed E-state index contributed by atoms with van der Waals surface area (Å²) in [5.74, 6) is -0.798. The lowest BCUT2D eigenvalue weighted by molar-refractivity contribution is -0.274. The van der Waals surface area contributed by atoms with Crippen LogP contribution in [0.5, 0.6) is 5.75 Å². The van der Waals surface area contributed by atoms with Crippen molar-refractivity contribution < 1.29 is 27.4 Å². The van der Waals surface area contributed by atoms with Crippen LogP contribution in [0.25, 0.3) is 21.7 Å². The third-order valence-corrected chi connectivity index (χ3v) is 4.41. The lowest BCUT2D eigenvalue weighted by Crippen LogP contribution is -2.17. The summed E-state index contributed by atoms with van der Waals surface area (Å²) in [5.41, 5.74) is 1.72. The lowest BCUT2D eigenvalue weighted by Gasteiger charge is -2.13. The van der Waals surface area contributed by atoms with Crippen molar-refractivity contribution in [3.8, 4) is 27.4 Å².